The van der Waals surface area contributed by atoms with E-state index in [0.717, 1.165) is 11.5 Å². The zero-order valence-electron chi connectivity index (χ0n) is 11.4. The van der Waals surface area contributed by atoms with Gasteiger partial charge in [-0.1, -0.05) is 20.8 Å². The largest absolute Gasteiger partial charge is 0.481 e. The zero-order valence-corrected chi connectivity index (χ0v) is 13.0. The van der Waals surface area contributed by atoms with Gasteiger partial charge < -0.3 is 9.29 Å². The molecule has 0 unspecified atom stereocenters. The van der Waals surface area contributed by atoms with Crippen LogP contribution < -0.4 is 0 Å². The second-order valence-corrected chi connectivity index (χ2v) is 8.35. The third kappa shape index (κ3) is 9.80. The van der Waals surface area contributed by atoms with Crippen molar-refractivity contribution >= 4 is 29.8 Å². The highest BCUT2D eigenvalue weighted by molar-refractivity contribution is 8.02. The maximum Gasteiger partial charge on any atom is 0.309 e. The molecular weight excluding hydrogens is 256 g/mol. The van der Waals surface area contributed by atoms with E-state index in [4.69, 9.17) is 9.29 Å². The molecule has 0 aromatic carbocycles. The predicted molar refractivity (Wildman–Crippen MR) is 76.7 cm³/mol. The lowest BCUT2D eigenvalue weighted by Crippen LogP contribution is -2.24. The van der Waals surface area contributed by atoms with E-state index in [1.54, 1.807) is 13.8 Å². The van der Waals surface area contributed by atoms with Crippen molar-refractivity contribution in [2.24, 2.45) is 5.41 Å². The fraction of sp³-hybridized carbons (Fsp3) is 0.917. The van der Waals surface area contributed by atoms with Gasteiger partial charge >= 0.3 is 5.97 Å². The number of thioether (sulfide) groups is 1. The van der Waals surface area contributed by atoms with Crippen LogP contribution in [0.5, 0.6) is 0 Å². The first-order valence-corrected chi connectivity index (χ1v) is 7.66. The van der Waals surface area contributed by atoms with E-state index in [1.165, 1.54) is 12.0 Å². The Bertz CT molecular complexity index is 234. The monoisotopic (exact) mass is 280 g/mol. The minimum atomic E-state index is -0.769. The number of aliphatic carboxylic acids is 1. The van der Waals surface area contributed by atoms with Crippen LogP contribution in [-0.2, 0) is 8.98 Å². The molecule has 1 N–H and O–H groups in total. The Morgan fingerprint density at radius 2 is 1.76 bits per heavy atom. The van der Waals surface area contributed by atoms with Crippen molar-refractivity contribution in [1.29, 1.82) is 0 Å². The first-order valence-electron chi connectivity index (χ1n) is 5.77. The van der Waals surface area contributed by atoms with Gasteiger partial charge in [-0.15, -0.1) is 0 Å². The van der Waals surface area contributed by atoms with E-state index in [2.05, 4.69) is 20.8 Å². The van der Waals surface area contributed by atoms with E-state index in [1.807, 2.05) is 11.8 Å². The van der Waals surface area contributed by atoms with Crippen molar-refractivity contribution in [3.05, 3.63) is 0 Å². The fourth-order valence-corrected chi connectivity index (χ4v) is 2.44. The Kier molecular flexibility index (Phi) is 7.60. The molecule has 17 heavy (non-hydrogen) atoms. The minimum absolute atomic E-state index is 0.297. The summed E-state index contributed by atoms with van der Waals surface area (Å²) in [6, 6.07) is 0. The fourth-order valence-electron chi connectivity index (χ4n) is 0.903. The average molecular weight is 280 g/mol. The molecule has 102 valence electrons. The van der Waals surface area contributed by atoms with E-state index in [0.29, 0.717) is 17.8 Å². The summed E-state index contributed by atoms with van der Waals surface area (Å²) in [5.74, 6) is 1.22. The van der Waals surface area contributed by atoms with Gasteiger partial charge in [0.05, 0.1) is 12.0 Å². The van der Waals surface area contributed by atoms with E-state index in [9.17, 15) is 4.79 Å². The van der Waals surface area contributed by atoms with Gasteiger partial charge in [0, 0.05) is 16.3 Å². The van der Waals surface area contributed by atoms with Crippen molar-refractivity contribution in [1.82, 2.24) is 0 Å². The van der Waals surface area contributed by atoms with E-state index in [-0.39, 0.29) is 0 Å². The highest BCUT2D eigenvalue weighted by atomic mass is 32.2. The van der Waals surface area contributed by atoms with E-state index >= 15 is 0 Å². The Morgan fingerprint density at radius 1 is 1.18 bits per heavy atom. The summed E-state index contributed by atoms with van der Waals surface area (Å²) in [6.07, 6.45) is 0.543. The lowest BCUT2D eigenvalue weighted by molar-refractivity contribution is -0.147. The number of carboxylic acid groups (broad SMARTS) is 1. The van der Waals surface area contributed by atoms with Crippen LogP contribution in [0, 0.1) is 5.41 Å². The molecule has 5 heteroatoms. The van der Waals surface area contributed by atoms with Gasteiger partial charge in [0.1, 0.15) is 0 Å². The summed E-state index contributed by atoms with van der Waals surface area (Å²) in [5, 5.41) is 8.91. The quantitative estimate of drug-likeness (QED) is 0.543. The molecule has 0 atom stereocenters. The second kappa shape index (κ2) is 7.54. The maximum atomic E-state index is 10.8. The van der Waals surface area contributed by atoms with Crippen LogP contribution in [0.15, 0.2) is 0 Å². The molecule has 0 aromatic rings. The van der Waals surface area contributed by atoms with Gasteiger partial charge in [-0.05, 0) is 32.3 Å². The van der Waals surface area contributed by atoms with Gasteiger partial charge in [0.15, 0.2) is 0 Å². The van der Waals surface area contributed by atoms with Crippen molar-refractivity contribution in [2.75, 3.05) is 18.1 Å². The Hall–Kier alpha value is 0.130. The van der Waals surface area contributed by atoms with Crippen molar-refractivity contribution in [3.8, 4) is 0 Å². The molecule has 0 fully saturated rings. The van der Waals surface area contributed by atoms with Gasteiger partial charge in [-0.2, -0.15) is 11.8 Å². The third-order valence-corrected chi connectivity index (χ3v) is 4.41. The molecule has 0 aliphatic rings. The molecule has 0 amide bonds. The second-order valence-electron chi connectivity index (χ2n) is 5.54. The summed E-state index contributed by atoms with van der Waals surface area (Å²) >= 11 is 3.34. The minimum Gasteiger partial charge on any atom is -0.481 e. The van der Waals surface area contributed by atoms with Crippen molar-refractivity contribution < 1.29 is 14.1 Å². The van der Waals surface area contributed by atoms with Crippen molar-refractivity contribution in [2.45, 2.75) is 45.8 Å². The molecular formula is C12H24O3S2. The van der Waals surface area contributed by atoms with Gasteiger partial charge in [0.25, 0.3) is 0 Å². The Balaban J connectivity index is 3.45. The van der Waals surface area contributed by atoms with Crippen LogP contribution in [0.1, 0.15) is 41.0 Å². The van der Waals surface area contributed by atoms with Gasteiger partial charge in [0.2, 0.25) is 0 Å². The summed E-state index contributed by atoms with van der Waals surface area (Å²) in [4.78, 5) is 10.8. The van der Waals surface area contributed by atoms with Gasteiger partial charge in [-0.25, -0.2) is 0 Å². The highest BCUT2D eigenvalue weighted by Gasteiger charge is 2.26. The topological polar surface area (TPSA) is 46.5 Å². The first kappa shape index (κ1) is 17.1. The Morgan fingerprint density at radius 3 is 2.24 bits per heavy atom. The molecule has 0 aromatic heterocycles. The lowest BCUT2D eigenvalue weighted by atomic mass is 9.90. The van der Waals surface area contributed by atoms with Crippen LogP contribution in [0.2, 0.25) is 0 Å². The summed E-state index contributed by atoms with van der Waals surface area (Å²) in [5.41, 5.74) is -0.694. The zero-order chi connectivity index (χ0) is 13.5. The van der Waals surface area contributed by atoms with Crippen LogP contribution in [0.25, 0.3) is 0 Å². The lowest BCUT2D eigenvalue weighted by Gasteiger charge is -2.18. The molecule has 0 bridgehead atoms. The molecule has 0 aliphatic carbocycles. The van der Waals surface area contributed by atoms with Crippen LogP contribution >= 0.6 is 23.8 Å². The number of carboxylic acids is 1. The number of hydrogen-bond acceptors (Lipinski definition) is 4. The molecule has 0 spiro atoms. The summed E-state index contributed by atoms with van der Waals surface area (Å²) < 4.78 is 5.67. The molecule has 0 radical (unpaired) electrons. The predicted octanol–water partition coefficient (Wildman–Crippen LogP) is 3.68. The Labute approximate surface area is 113 Å². The van der Waals surface area contributed by atoms with Crippen LogP contribution in [0.4, 0.5) is 0 Å². The normalized spacial score (nSPS) is 12.8. The van der Waals surface area contributed by atoms with Crippen LogP contribution in [0.3, 0.4) is 0 Å². The van der Waals surface area contributed by atoms with E-state index < -0.39 is 11.4 Å². The number of carbonyl (C=O) groups is 1. The van der Waals surface area contributed by atoms with Crippen molar-refractivity contribution in [3.63, 3.8) is 0 Å². The SMILES string of the molecule is CC(C)(C)SCCSOCCC(C)(C)C(=O)O. The summed E-state index contributed by atoms with van der Waals surface area (Å²) in [7, 11) is 0. The number of hydrogen-bond donors (Lipinski definition) is 1. The molecule has 0 aliphatic heterocycles. The smallest absolute Gasteiger partial charge is 0.309 e. The average Bonchev–Trinajstić information content (AvgIpc) is 2.14. The van der Waals surface area contributed by atoms with Crippen LogP contribution in [-0.4, -0.2) is 33.9 Å². The molecule has 0 saturated heterocycles. The molecule has 0 saturated carbocycles. The highest BCUT2D eigenvalue weighted by Crippen LogP contribution is 2.25. The van der Waals surface area contributed by atoms with Gasteiger partial charge in [-0.3, -0.25) is 4.79 Å². The molecule has 0 rings (SSSR count). The number of rotatable bonds is 8. The molecule has 0 heterocycles. The summed E-state index contributed by atoms with van der Waals surface area (Å²) in [6.45, 7) is 10.5. The third-order valence-electron chi connectivity index (χ3n) is 2.17. The first-order chi connectivity index (χ1) is 7.65. The standard InChI is InChI=1S/C12H24O3S2/c1-11(2,3)16-8-9-17-15-7-6-12(4,5)10(13)14/h6-9H2,1-5H3,(H,13,14). The maximum absolute atomic E-state index is 10.8. The molecule has 3 nitrogen and oxygen atoms in total.